The SMILES string of the molecule is C[P+](=O)[O-].C[P+](=O)[O-].C[P+](=O)[O-].[Ce+3]. The number of hydrogen-bond donors (Lipinski definition) is 0. The molecule has 0 aliphatic carbocycles. The molecule has 3 unspecified atom stereocenters. The van der Waals surface area contributed by atoms with Crippen LogP contribution < -0.4 is 14.7 Å². The van der Waals surface area contributed by atoms with Crippen LogP contribution in [0.25, 0.3) is 0 Å². The maximum absolute atomic E-state index is 9.04. The quantitative estimate of drug-likeness (QED) is 0.510. The summed E-state index contributed by atoms with van der Waals surface area (Å²) in [7, 11) is -6.36. The first-order valence-electron chi connectivity index (χ1n) is 2.44. The van der Waals surface area contributed by atoms with Crippen LogP contribution in [0.1, 0.15) is 0 Å². The summed E-state index contributed by atoms with van der Waals surface area (Å²) in [4.78, 5) is 27.1. The van der Waals surface area contributed by atoms with E-state index in [4.69, 9.17) is 28.4 Å². The molecule has 0 rings (SSSR count). The summed E-state index contributed by atoms with van der Waals surface area (Å²) in [5, 5.41) is 0. The zero-order valence-electron chi connectivity index (χ0n) is 7.29. The van der Waals surface area contributed by atoms with Crippen molar-refractivity contribution in [2.45, 2.75) is 0 Å². The van der Waals surface area contributed by atoms with E-state index in [0.29, 0.717) is 0 Å². The van der Waals surface area contributed by atoms with Crippen LogP contribution in [0, 0.1) is 41.7 Å². The smallest absolute Gasteiger partial charge is 0.596 e. The molecule has 0 saturated carbocycles. The Balaban J connectivity index is -0.0000000450. The van der Waals surface area contributed by atoms with Crippen molar-refractivity contribution >= 4 is 24.1 Å². The number of rotatable bonds is 0. The van der Waals surface area contributed by atoms with Gasteiger partial charge in [-0.05, 0) is 0 Å². The molecule has 73 valence electrons. The maximum Gasteiger partial charge on any atom is 3.00 e. The van der Waals surface area contributed by atoms with E-state index in [0.717, 1.165) is 20.0 Å². The first-order chi connectivity index (χ1) is 5.20. The molecule has 0 N–H and O–H groups in total. The summed E-state index contributed by atoms with van der Waals surface area (Å²) in [5.41, 5.74) is 0. The van der Waals surface area contributed by atoms with E-state index in [1.54, 1.807) is 0 Å². The van der Waals surface area contributed by atoms with Crippen molar-refractivity contribution in [1.29, 1.82) is 0 Å². The molecule has 0 amide bonds. The van der Waals surface area contributed by atoms with Crippen LogP contribution in [-0.2, 0) is 13.7 Å². The van der Waals surface area contributed by atoms with Gasteiger partial charge in [0, 0.05) is 0 Å². The average Bonchev–Trinajstić information content (AvgIpc) is 1.54. The van der Waals surface area contributed by atoms with Gasteiger partial charge in [-0.25, -0.2) is 0 Å². The molecule has 0 heterocycles. The third-order valence-electron chi connectivity index (χ3n) is 0. The Morgan fingerprint density at radius 1 is 0.692 bits per heavy atom. The van der Waals surface area contributed by atoms with Crippen molar-refractivity contribution < 1.29 is 70.1 Å². The molecule has 6 nitrogen and oxygen atoms in total. The molecule has 0 aliphatic heterocycles. The van der Waals surface area contributed by atoms with E-state index in [-0.39, 0.29) is 41.7 Å². The minimum atomic E-state index is -2.12. The van der Waals surface area contributed by atoms with Crippen LogP contribution in [0.3, 0.4) is 0 Å². The second-order valence-corrected chi connectivity index (χ2v) is 3.96. The fraction of sp³-hybridized carbons (Fsp3) is 1.00. The minimum Gasteiger partial charge on any atom is -0.596 e. The molecular weight excluding hydrogens is 365 g/mol. The number of hydrogen-bond acceptors (Lipinski definition) is 6. The summed E-state index contributed by atoms with van der Waals surface area (Å²) >= 11 is 0. The summed E-state index contributed by atoms with van der Waals surface area (Å²) < 4.78 is 27.1. The molecule has 0 aromatic rings. The molecule has 1 radical (unpaired) electrons. The molecule has 0 bridgehead atoms. The average molecular weight is 374 g/mol. The molecule has 0 saturated heterocycles. The Morgan fingerprint density at radius 2 is 0.692 bits per heavy atom. The normalized spacial score (nSPS) is 10.2. The summed E-state index contributed by atoms with van der Waals surface area (Å²) in [6.07, 6.45) is 0. The first kappa shape index (κ1) is 24.0. The maximum atomic E-state index is 9.04. The van der Waals surface area contributed by atoms with Crippen LogP contribution in [0.5, 0.6) is 0 Å². The van der Waals surface area contributed by atoms with E-state index in [2.05, 4.69) is 0 Å². The van der Waals surface area contributed by atoms with Gasteiger partial charge in [0.1, 0.15) is 20.0 Å². The summed E-state index contributed by atoms with van der Waals surface area (Å²) in [6.45, 7) is 3.36. The van der Waals surface area contributed by atoms with E-state index in [9.17, 15) is 0 Å². The van der Waals surface area contributed by atoms with Gasteiger partial charge < -0.3 is 14.7 Å². The van der Waals surface area contributed by atoms with Crippen molar-refractivity contribution in [2.24, 2.45) is 0 Å². The first-order valence-corrected chi connectivity index (χ1v) is 7.31. The Labute approximate surface area is 113 Å². The van der Waals surface area contributed by atoms with Gasteiger partial charge in [0.05, 0.1) is 0 Å². The van der Waals surface area contributed by atoms with Gasteiger partial charge in [-0.3, -0.25) is 0 Å². The van der Waals surface area contributed by atoms with Gasteiger partial charge >= 0.3 is 65.8 Å². The van der Waals surface area contributed by atoms with Crippen molar-refractivity contribution in [3.8, 4) is 0 Å². The molecule has 0 spiro atoms. The van der Waals surface area contributed by atoms with Gasteiger partial charge in [-0.15, -0.1) is 0 Å². The minimum absolute atomic E-state index is 0. The molecule has 0 aromatic heterocycles. The fourth-order valence-electron chi connectivity index (χ4n) is 0. The summed E-state index contributed by atoms with van der Waals surface area (Å²) in [6, 6.07) is 0. The molecule has 0 aromatic carbocycles. The molecule has 3 atom stereocenters. The van der Waals surface area contributed by atoms with Gasteiger partial charge in [0.15, 0.2) is 0 Å². The van der Waals surface area contributed by atoms with Crippen molar-refractivity contribution in [3.05, 3.63) is 0 Å². The fourth-order valence-corrected chi connectivity index (χ4v) is 0. The predicted octanol–water partition coefficient (Wildman–Crippen LogP) is -0.843. The van der Waals surface area contributed by atoms with Crippen molar-refractivity contribution in [1.82, 2.24) is 0 Å². The van der Waals surface area contributed by atoms with Gasteiger partial charge in [0.2, 0.25) is 0 Å². The monoisotopic (exact) mass is 374 g/mol. The van der Waals surface area contributed by atoms with Gasteiger partial charge in [-0.1, -0.05) is 13.7 Å². The van der Waals surface area contributed by atoms with Crippen molar-refractivity contribution in [2.75, 3.05) is 20.0 Å². The Bertz CT molecular complexity index is 121. The van der Waals surface area contributed by atoms with Crippen molar-refractivity contribution in [3.63, 3.8) is 0 Å². The second kappa shape index (κ2) is 19.2. The molecule has 0 aliphatic rings. The van der Waals surface area contributed by atoms with E-state index >= 15 is 0 Å². The zero-order valence-corrected chi connectivity index (χ0v) is 13.1. The molecule has 0 fully saturated rings. The van der Waals surface area contributed by atoms with E-state index < -0.39 is 24.1 Å². The van der Waals surface area contributed by atoms with Gasteiger partial charge in [0.25, 0.3) is 0 Å². The molecule has 13 heavy (non-hydrogen) atoms. The van der Waals surface area contributed by atoms with Crippen LogP contribution in [0.15, 0.2) is 0 Å². The van der Waals surface area contributed by atoms with Crippen LogP contribution >= 0.6 is 24.1 Å². The van der Waals surface area contributed by atoms with E-state index in [1.165, 1.54) is 0 Å². The Kier molecular flexibility index (Phi) is 35.4. The van der Waals surface area contributed by atoms with Crippen LogP contribution in [0.4, 0.5) is 0 Å². The van der Waals surface area contributed by atoms with E-state index in [1.807, 2.05) is 0 Å². The van der Waals surface area contributed by atoms with Crippen LogP contribution in [-0.4, -0.2) is 20.0 Å². The Morgan fingerprint density at radius 3 is 0.692 bits per heavy atom. The largest absolute Gasteiger partial charge is 3.00 e. The third kappa shape index (κ3) is 747. The second-order valence-electron chi connectivity index (χ2n) is 1.32. The zero-order chi connectivity index (χ0) is 10.7. The predicted molar refractivity (Wildman–Crippen MR) is 40.6 cm³/mol. The topological polar surface area (TPSA) is 120 Å². The third-order valence-corrected chi connectivity index (χ3v) is 0. The standard InChI is InChI=1S/3CH3O2P.Ce/c3*1-4(2)3;/h3*1H3;/q;;;+3. The summed E-state index contributed by atoms with van der Waals surface area (Å²) in [5.74, 6) is 0. The van der Waals surface area contributed by atoms with Crippen LogP contribution in [0.2, 0.25) is 0 Å². The Hall–Kier alpha value is 1.56. The van der Waals surface area contributed by atoms with Gasteiger partial charge in [-0.2, -0.15) is 0 Å². The molecular formula is C3H9CeO6P3+3. The molecule has 10 heteroatoms.